The summed E-state index contributed by atoms with van der Waals surface area (Å²) in [5, 5.41) is 0.886. The highest BCUT2D eigenvalue weighted by Gasteiger charge is 2.44. The van der Waals surface area contributed by atoms with Gasteiger partial charge in [0.05, 0.1) is 16.9 Å². The Morgan fingerprint density at radius 2 is 1.97 bits per heavy atom. The average Bonchev–Trinajstić information content (AvgIpc) is 2.74. The lowest BCUT2D eigenvalue weighted by atomic mass is 9.62. The molecule has 1 aliphatic heterocycles. The smallest absolute Gasteiger partial charge is 0.258 e. The number of thioether (sulfide) groups is 1. The van der Waals surface area contributed by atoms with Gasteiger partial charge in [0.1, 0.15) is 0 Å². The zero-order valence-electron chi connectivity index (χ0n) is 19.1. The summed E-state index contributed by atoms with van der Waals surface area (Å²) in [5.74, 6) is 0.907. The number of rotatable bonds is 3. The highest BCUT2D eigenvalue weighted by molar-refractivity contribution is 7.99. The summed E-state index contributed by atoms with van der Waals surface area (Å²) in [7, 11) is 0. The molecule has 2 aliphatic carbocycles. The van der Waals surface area contributed by atoms with Crippen molar-refractivity contribution in [2.45, 2.75) is 94.4 Å². The molecule has 2 fully saturated rings. The first kappa shape index (κ1) is 21.3. The molecule has 3 aliphatic rings. The van der Waals surface area contributed by atoms with E-state index in [4.69, 9.17) is 9.72 Å². The first-order valence-corrected chi connectivity index (χ1v) is 12.9. The van der Waals surface area contributed by atoms with E-state index in [2.05, 4.69) is 49.6 Å². The van der Waals surface area contributed by atoms with Crippen LogP contribution in [0.15, 0.2) is 34.2 Å². The molecule has 4 nitrogen and oxygen atoms in total. The van der Waals surface area contributed by atoms with Crippen molar-refractivity contribution in [2.75, 3.05) is 12.4 Å². The second kappa shape index (κ2) is 8.08. The fourth-order valence-electron chi connectivity index (χ4n) is 6.17. The van der Waals surface area contributed by atoms with Gasteiger partial charge in [-0.15, -0.1) is 0 Å². The number of hydrogen-bond donors (Lipinski definition) is 0. The van der Waals surface area contributed by atoms with Crippen LogP contribution in [0.25, 0.3) is 11.3 Å². The van der Waals surface area contributed by atoms with Crippen LogP contribution in [-0.2, 0) is 16.6 Å². The van der Waals surface area contributed by atoms with Gasteiger partial charge in [-0.2, -0.15) is 0 Å². The number of nitrogens with zero attached hydrogens (tertiary/aromatic N) is 2. The highest BCUT2D eigenvalue weighted by Crippen LogP contribution is 2.49. The number of hydrogen-bond acceptors (Lipinski definition) is 4. The molecular formula is C26H34N2O2S. The Morgan fingerprint density at radius 1 is 1.19 bits per heavy atom. The number of benzene rings is 1. The van der Waals surface area contributed by atoms with Gasteiger partial charge in [0, 0.05) is 23.6 Å². The minimum atomic E-state index is -0.207. The van der Waals surface area contributed by atoms with Crippen LogP contribution in [0.4, 0.5) is 0 Å². The Bertz CT molecular complexity index is 1040. The maximum Gasteiger partial charge on any atom is 0.258 e. The van der Waals surface area contributed by atoms with Crippen molar-refractivity contribution >= 4 is 11.8 Å². The predicted molar refractivity (Wildman–Crippen MR) is 127 cm³/mol. The van der Waals surface area contributed by atoms with Crippen molar-refractivity contribution in [3.8, 4) is 11.3 Å². The lowest BCUT2D eigenvalue weighted by Crippen LogP contribution is -2.45. The molecule has 5 rings (SSSR count). The quantitative estimate of drug-likeness (QED) is 0.441. The third kappa shape index (κ3) is 3.68. The molecule has 2 aromatic rings. The maximum absolute atomic E-state index is 14.4. The second-order valence-electron chi connectivity index (χ2n) is 10.2. The van der Waals surface area contributed by atoms with Crippen LogP contribution in [0.3, 0.4) is 0 Å². The third-order valence-electron chi connectivity index (χ3n) is 7.53. The van der Waals surface area contributed by atoms with E-state index in [1.807, 2.05) is 0 Å². The van der Waals surface area contributed by atoms with Crippen LogP contribution in [-0.4, -0.2) is 27.5 Å². The third-order valence-corrected chi connectivity index (χ3v) is 8.37. The lowest BCUT2D eigenvalue weighted by Gasteiger charge is -2.43. The zero-order chi connectivity index (χ0) is 21.6. The van der Waals surface area contributed by atoms with Crippen molar-refractivity contribution in [3.05, 3.63) is 45.7 Å². The first-order chi connectivity index (χ1) is 14.9. The molecule has 2 heterocycles. The molecule has 166 valence electrons. The molecule has 0 radical (unpaired) electrons. The van der Waals surface area contributed by atoms with Gasteiger partial charge >= 0.3 is 0 Å². The van der Waals surface area contributed by atoms with Gasteiger partial charge < -0.3 is 4.74 Å². The molecule has 1 aromatic heterocycles. The minimum absolute atomic E-state index is 0.0517. The summed E-state index contributed by atoms with van der Waals surface area (Å²) >= 11 is 1.70. The van der Waals surface area contributed by atoms with E-state index in [9.17, 15) is 4.79 Å². The predicted octanol–water partition coefficient (Wildman–Crippen LogP) is 5.91. The SMILES string of the molecule is CCSc1nc2c(c(=O)n1[C@H]1CCOC(C)(C)C1)C1(CCCCC1)Cc1ccccc1-2. The summed E-state index contributed by atoms with van der Waals surface area (Å²) in [6.07, 6.45) is 8.60. The largest absolute Gasteiger partial charge is 0.375 e. The summed E-state index contributed by atoms with van der Waals surface area (Å²) in [4.78, 5) is 19.6. The van der Waals surface area contributed by atoms with Gasteiger partial charge in [0.25, 0.3) is 5.56 Å². The molecule has 1 spiro atoms. The molecule has 5 heteroatoms. The Balaban J connectivity index is 1.75. The van der Waals surface area contributed by atoms with Gasteiger partial charge in [0.2, 0.25) is 0 Å². The van der Waals surface area contributed by atoms with E-state index in [1.54, 1.807) is 11.8 Å². The number of ether oxygens (including phenoxy) is 1. The van der Waals surface area contributed by atoms with Gasteiger partial charge in [0.15, 0.2) is 5.16 Å². The van der Waals surface area contributed by atoms with Crippen LogP contribution in [0, 0.1) is 0 Å². The first-order valence-electron chi connectivity index (χ1n) is 12.0. The molecule has 0 unspecified atom stereocenters. The molecular weight excluding hydrogens is 404 g/mol. The van der Waals surface area contributed by atoms with Crippen molar-refractivity contribution < 1.29 is 4.74 Å². The van der Waals surface area contributed by atoms with E-state index in [0.717, 1.165) is 54.3 Å². The molecule has 1 atom stereocenters. The fourth-order valence-corrected chi connectivity index (χ4v) is 6.96. The Labute approximate surface area is 189 Å². The molecule has 0 amide bonds. The zero-order valence-corrected chi connectivity index (χ0v) is 19.9. The van der Waals surface area contributed by atoms with Gasteiger partial charge in [-0.3, -0.25) is 9.36 Å². The second-order valence-corrected chi connectivity index (χ2v) is 11.4. The van der Waals surface area contributed by atoms with Crippen molar-refractivity contribution in [1.82, 2.24) is 9.55 Å². The molecule has 1 saturated carbocycles. The number of fused-ring (bicyclic) bond motifs is 4. The number of aromatic nitrogens is 2. The van der Waals surface area contributed by atoms with E-state index in [1.165, 1.54) is 30.4 Å². The summed E-state index contributed by atoms with van der Waals surface area (Å²) < 4.78 is 8.05. The van der Waals surface area contributed by atoms with Gasteiger partial charge in [-0.25, -0.2) is 4.98 Å². The Hall–Kier alpha value is -1.59. The lowest BCUT2D eigenvalue weighted by molar-refractivity contribution is -0.0710. The summed E-state index contributed by atoms with van der Waals surface area (Å²) in [6.45, 7) is 7.12. The van der Waals surface area contributed by atoms with Crippen molar-refractivity contribution in [2.24, 2.45) is 0 Å². The van der Waals surface area contributed by atoms with E-state index >= 15 is 0 Å². The van der Waals surface area contributed by atoms with Crippen LogP contribution in [0.2, 0.25) is 0 Å². The van der Waals surface area contributed by atoms with Crippen LogP contribution in [0.1, 0.15) is 82.9 Å². The Kier molecular flexibility index (Phi) is 5.54. The van der Waals surface area contributed by atoms with Crippen molar-refractivity contribution in [3.63, 3.8) is 0 Å². The Morgan fingerprint density at radius 3 is 2.71 bits per heavy atom. The summed E-state index contributed by atoms with van der Waals surface area (Å²) in [5.41, 5.74) is 4.47. The minimum Gasteiger partial charge on any atom is -0.375 e. The van der Waals surface area contributed by atoms with Crippen LogP contribution in [0.5, 0.6) is 0 Å². The monoisotopic (exact) mass is 438 g/mol. The van der Waals surface area contributed by atoms with Crippen LogP contribution >= 0.6 is 11.8 Å². The van der Waals surface area contributed by atoms with E-state index < -0.39 is 0 Å². The highest BCUT2D eigenvalue weighted by atomic mass is 32.2. The topological polar surface area (TPSA) is 44.1 Å². The summed E-state index contributed by atoms with van der Waals surface area (Å²) in [6, 6.07) is 8.78. The van der Waals surface area contributed by atoms with Gasteiger partial charge in [-0.05, 0) is 57.3 Å². The maximum atomic E-state index is 14.4. The van der Waals surface area contributed by atoms with Crippen LogP contribution < -0.4 is 5.56 Å². The molecule has 0 N–H and O–H groups in total. The fraction of sp³-hybridized carbons (Fsp3) is 0.615. The van der Waals surface area contributed by atoms with E-state index in [-0.39, 0.29) is 22.6 Å². The van der Waals surface area contributed by atoms with E-state index in [0.29, 0.717) is 6.61 Å². The normalized spacial score (nSPS) is 23.9. The molecule has 31 heavy (non-hydrogen) atoms. The molecule has 0 bridgehead atoms. The standard InChI is InChI=1S/C26H34N2O2S/c1-4-31-24-27-22-20-11-7-6-10-18(20)16-26(13-8-5-9-14-26)21(22)23(29)28(24)19-12-15-30-25(2,3)17-19/h6-7,10-11,19H,4-5,8-9,12-17H2,1-3H3/t19-/m0/s1. The molecule has 1 saturated heterocycles. The van der Waals surface area contributed by atoms with Gasteiger partial charge in [-0.1, -0.05) is 62.2 Å². The molecule has 1 aromatic carbocycles. The average molecular weight is 439 g/mol. The van der Waals surface area contributed by atoms with Crippen molar-refractivity contribution in [1.29, 1.82) is 0 Å².